The Hall–Kier alpha value is -0.540. The summed E-state index contributed by atoms with van der Waals surface area (Å²) in [5.74, 6) is 1.34. The molecule has 0 saturated heterocycles. The van der Waals surface area contributed by atoms with E-state index in [0.29, 0.717) is 12.0 Å². The zero-order chi connectivity index (χ0) is 11.3. The molecule has 0 fully saturated rings. The molecule has 15 heavy (non-hydrogen) atoms. The highest BCUT2D eigenvalue weighted by Crippen LogP contribution is 2.23. The van der Waals surface area contributed by atoms with Crippen molar-refractivity contribution in [2.75, 3.05) is 12.8 Å². The van der Waals surface area contributed by atoms with Gasteiger partial charge in [0.1, 0.15) is 5.82 Å². The minimum absolute atomic E-state index is 0.124. The zero-order valence-corrected chi connectivity index (χ0v) is 10.3. The lowest BCUT2D eigenvalue weighted by atomic mass is 10.1. The molecule has 0 aliphatic heterocycles. The topological polar surface area (TPSA) is 12.0 Å². The Labute approximate surface area is 95.5 Å². The van der Waals surface area contributed by atoms with Crippen LogP contribution in [0.1, 0.15) is 13.8 Å². The van der Waals surface area contributed by atoms with Gasteiger partial charge in [0.25, 0.3) is 0 Å². The Bertz CT molecular complexity index is 301. The molecule has 0 saturated carbocycles. The van der Waals surface area contributed by atoms with E-state index in [1.165, 1.54) is 6.07 Å². The molecule has 3 heteroatoms. The average molecular weight is 227 g/mol. The first-order chi connectivity index (χ1) is 7.15. The molecule has 0 radical (unpaired) electrons. The zero-order valence-electron chi connectivity index (χ0n) is 9.46. The van der Waals surface area contributed by atoms with E-state index in [-0.39, 0.29) is 5.82 Å². The SMILES string of the molecule is CNC(CSc1ccccc1F)C(C)C. The van der Waals surface area contributed by atoms with Gasteiger partial charge >= 0.3 is 0 Å². The van der Waals surface area contributed by atoms with Gasteiger partial charge in [0.2, 0.25) is 0 Å². The number of thioether (sulfide) groups is 1. The molecule has 1 aromatic rings. The van der Waals surface area contributed by atoms with Gasteiger partial charge in [0, 0.05) is 16.7 Å². The third-order valence-electron chi connectivity index (χ3n) is 2.43. The minimum Gasteiger partial charge on any atom is -0.316 e. The molecule has 1 nitrogen and oxygen atoms in total. The van der Waals surface area contributed by atoms with Gasteiger partial charge in [0.15, 0.2) is 0 Å². The second-order valence-corrected chi connectivity index (χ2v) is 4.94. The largest absolute Gasteiger partial charge is 0.316 e. The van der Waals surface area contributed by atoms with Crippen LogP contribution in [0.4, 0.5) is 4.39 Å². The molecular weight excluding hydrogens is 209 g/mol. The van der Waals surface area contributed by atoms with Gasteiger partial charge in [-0.3, -0.25) is 0 Å². The average Bonchev–Trinajstić information content (AvgIpc) is 2.21. The first-order valence-electron chi connectivity index (χ1n) is 5.19. The lowest BCUT2D eigenvalue weighted by Gasteiger charge is -2.19. The van der Waals surface area contributed by atoms with Gasteiger partial charge in [-0.25, -0.2) is 4.39 Å². The van der Waals surface area contributed by atoms with Crippen LogP contribution < -0.4 is 5.32 Å². The standard InChI is InChI=1S/C12H18FNS/c1-9(2)11(14-3)8-15-12-7-5-4-6-10(12)13/h4-7,9,11,14H,8H2,1-3H3. The molecule has 84 valence electrons. The Morgan fingerprint density at radius 1 is 1.33 bits per heavy atom. The van der Waals surface area contributed by atoms with Gasteiger partial charge in [-0.15, -0.1) is 11.8 Å². The third-order valence-corrected chi connectivity index (χ3v) is 3.60. The molecule has 1 rings (SSSR count). The van der Waals surface area contributed by atoms with Gasteiger partial charge in [-0.2, -0.15) is 0 Å². The van der Waals surface area contributed by atoms with E-state index in [9.17, 15) is 4.39 Å². The summed E-state index contributed by atoms with van der Waals surface area (Å²) >= 11 is 1.57. The fourth-order valence-electron chi connectivity index (χ4n) is 1.35. The Kier molecular flexibility index (Phi) is 5.12. The maximum absolute atomic E-state index is 13.3. The summed E-state index contributed by atoms with van der Waals surface area (Å²) in [5, 5.41) is 3.25. The fourth-order valence-corrected chi connectivity index (χ4v) is 2.64. The van der Waals surface area contributed by atoms with Crippen LogP contribution >= 0.6 is 11.8 Å². The van der Waals surface area contributed by atoms with Crippen molar-refractivity contribution in [2.24, 2.45) is 5.92 Å². The van der Waals surface area contributed by atoms with Crippen molar-refractivity contribution in [3.8, 4) is 0 Å². The number of hydrogen-bond donors (Lipinski definition) is 1. The van der Waals surface area contributed by atoms with Crippen LogP contribution in [0.2, 0.25) is 0 Å². The molecule has 1 aromatic carbocycles. The Morgan fingerprint density at radius 3 is 2.53 bits per heavy atom. The molecule has 1 unspecified atom stereocenters. The van der Waals surface area contributed by atoms with Crippen molar-refractivity contribution in [1.82, 2.24) is 5.32 Å². The van der Waals surface area contributed by atoms with Crippen molar-refractivity contribution < 1.29 is 4.39 Å². The summed E-state index contributed by atoms with van der Waals surface area (Å²) in [5.41, 5.74) is 0. The van der Waals surface area contributed by atoms with Crippen molar-refractivity contribution >= 4 is 11.8 Å². The molecule has 0 bridgehead atoms. The van der Waals surface area contributed by atoms with Crippen molar-refractivity contribution in [3.63, 3.8) is 0 Å². The van der Waals surface area contributed by atoms with Gasteiger partial charge < -0.3 is 5.32 Å². The lowest BCUT2D eigenvalue weighted by Crippen LogP contribution is -2.32. The molecule has 0 aliphatic rings. The van der Waals surface area contributed by atoms with Crippen LogP contribution in [0.5, 0.6) is 0 Å². The lowest BCUT2D eigenvalue weighted by molar-refractivity contribution is 0.465. The molecule has 0 amide bonds. The first kappa shape index (κ1) is 12.5. The summed E-state index contributed by atoms with van der Waals surface area (Å²) < 4.78 is 13.3. The van der Waals surface area contributed by atoms with E-state index in [0.717, 1.165) is 10.6 Å². The Balaban J connectivity index is 2.53. The van der Waals surface area contributed by atoms with Crippen molar-refractivity contribution in [1.29, 1.82) is 0 Å². The predicted octanol–water partition coefficient (Wildman–Crippen LogP) is 3.16. The van der Waals surface area contributed by atoms with Gasteiger partial charge in [-0.05, 0) is 25.1 Å². The number of nitrogens with one attached hydrogen (secondary N) is 1. The fraction of sp³-hybridized carbons (Fsp3) is 0.500. The monoisotopic (exact) mass is 227 g/mol. The van der Waals surface area contributed by atoms with Crippen LogP contribution in [0, 0.1) is 11.7 Å². The summed E-state index contributed by atoms with van der Waals surface area (Å²) in [6.45, 7) is 4.34. The Morgan fingerprint density at radius 2 is 2.00 bits per heavy atom. The van der Waals surface area contributed by atoms with Gasteiger partial charge in [0.05, 0.1) is 0 Å². The smallest absolute Gasteiger partial charge is 0.136 e. The van der Waals surface area contributed by atoms with E-state index in [4.69, 9.17) is 0 Å². The number of halogens is 1. The van der Waals surface area contributed by atoms with Gasteiger partial charge in [-0.1, -0.05) is 26.0 Å². The van der Waals surface area contributed by atoms with E-state index >= 15 is 0 Å². The van der Waals surface area contributed by atoms with Crippen LogP contribution in [0.15, 0.2) is 29.2 Å². The molecule has 0 aromatic heterocycles. The maximum Gasteiger partial charge on any atom is 0.136 e. The predicted molar refractivity (Wildman–Crippen MR) is 64.8 cm³/mol. The highest BCUT2D eigenvalue weighted by atomic mass is 32.2. The maximum atomic E-state index is 13.3. The van der Waals surface area contributed by atoms with Crippen molar-refractivity contribution in [3.05, 3.63) is 30.1 Å². The first-order valence-corrected chi connectivity index (χ1v) is 6.18. The van der Waals surface area contributed by atoms with E-state index in [1.54, 1.807) is 17.8 Å². The highest BCUT2D eigenvalue weighted by molar-refractivity contribution is 7.99. The quantitative estimate of drug-likeness (QED) is 0.775. The number of benzene rings is 1. The molecular formula is C12H18FNS. The molecule has 0 heterocycles. The molecule has 1 atom stereocenters. The van der Waals surface area contributed by atoms with Crippen LogP contribution in [-0.2, 0) is 0 Å². The summed E-state index contributed by atoms with van der Waals surface area (Å²) in [4.78, 5) is 0.735. The van der Waals surface area contributed by atoms with Crippen LogP contribution in [-0.4, -0.2) is 18.8 Å². The normalized spacial score (nSPS) is 13.1. The molecule has 1 N–H and O–H groups in total. The van der Waals surface area contributed by atoms with E-state index in [1.807, 2.05) is 19.2 Å². The number of rotatable bonds is 5. The summed E-state index contributed by atoms with van der Waals surface area (Å²) in [6, 6.07) is 7.35. The summed E-state index contributed by atoms with van der Waals surface area (Å²) in [7, 11) is 1.95. The van der Waals surface area contributed by atoms with E-state index in [2.05, 4.69) is 19.2 Å². The third kappa shape index (κ3) is 3.84. The second kappa shape index (κ2) is 6.13. The summed E-state index contributed by atoms with van der Waals surface area (Å²) in [6.07, 6.45) is 0. The second-order valence-electron chi connectivity index (χ2n) is 3.88. The highest BCUT2D eigenvalue weighted by Gasteiger charge is 2.12. The number of hydrogen-bond acceptors (Lipinski definition) is 2. The van der Waals surface area contributed by atoms with E-state index < -0.39 is 0 Å². The van der Waals surface area contributed by atoms with Crippen LogP contribution in [0.25, 0.3) is 0 Å². The molecule has 0 aliphatic carbocycles. The minimum atomic E-state index is -0.124. The van der Waals surface area contributed by atoms with Crippen molar-refractivity contribution in [2.45, 2.75) is 24.8 Å². The van der Waals surface area contributed by atoms with Crippen LogP contribution in [0.3, 0.4) is 0 Å². The molecule has 0 spiro atoms.